The lowest BCUT2D eigenvalue weighted by atomic mass is 10.1. The molecule has 0 aliphatic carbocycles. The molecule has 0 heterocycles. The molecule has 4 heteroatoms. The van der Waals surface area contributed by atoms with Crippen LogP contribution < -0.4 is 5.32 Å². The summed E-state index contributed by atoms with van der Waals surface area (Å²) in [6, 6.07) is 5.26. The second-order valence-corrected chi connectivity index (χ2v) is 4.81. The van der Waals surface area contributed by atoms with Crippen molar-refractivity contribution in [2.45, 2.75) is 19.4 Å². The summed E-state index contributed by atoms with van der Waals surface area (Å²) in [5.41, 5.74) is 0.861. The van der Waals surface area contributed by atoms with E-state index in [0.29, 0.717) is 0 Å². The minimum Gasteiger partial charge on any atom is -0.313 e. The van der Waals surface area contributed by atoms with Crippen LogP contribution in [0.4, 0.5) is 4.39 Å². The van der Waals surface area contributed by atoms with Crippen molar-refractivity contribution in [3.63, 3.8) is 0 Å². The van der Waals surface area contributed by atoms with Crippen LogP contribution in [0.5, 0.6) is 0 Å². The van der Waals surface area contributed by atoms with Crippen molar-refractivity contribution in [2.75, 3.05) is 27.2 Å². The number of rotatable bonds is 6. The van der Waals surface area contributed by atoms with Crippen LogP contribution in [0.1, 0.15) is 12.5 Å². The van der Waals surface area contributed by atoms with Crippen LogP contribution in [0.3, 0.4) is 0 Å². The number of halogens is 2. The second-order valence-electron chi connectivity index (χ2n) is 4.43. The Hall–Kier alpha value is -0.640. The van der Waals surface area contributed by atoms with Gasteiger partial charge in [0.15, 0.2) is 0 Å². The molecule has 0 amide bonds. The zero-order valence-electron chi connectivity index (χ0n) is 10.6. The Labute approximate surface area is 108 Å². The Bertz CT molecular complexity index is 355. The summed E-state index contributed by atoms with van der Waals surface area (Å²) < 4.78 is 13.3. The lowest BCUT2D eigenvalue weighted by Crippen LogP contribution is -2.39. The number of hydrogen-bond donors (Lipinski definition) is 1. The summed E-state index contributed by atoms with van der Waals surface area (Å²) in [5, 5.41) is 3.63. The average Bonchev–Trinajstić information content (AvgIpc) is 2.24. The van der Waals surface area contributed by atoms with Gasteiger partial charge in [0.1, 0.15) is 5.82 Å². The van der Waals surface area contributed by atoms with E-state index in [1.807, 2.05) is 20.2 Å². The normalized spacial score (nSPS) is 13.1. The molecular formula is C13H20ClFN2. The van der Waals surface area contributed by atoms with Gasteiger partial charge in [-0.1, -0.05) is 30.7 Å². The molecule has 0 saturated carbocycles. The van der Waals surface area contributed by atoms with Crippen molar-refractivity contribution >= 4 is 11.6 Å². The first kappa shape index (κ1) is 14.4. The number of nitrogens with one attached hydrogen (secondary N) is 1. The number of likely N-dealkylation sites (N-methyl/N-ethyl adjacent to an activating group) is 2. The summed E-state index contributed by atoms with van der Waals surface area (Å²) in [6.45, 7) is 3.86. The fraction of sp³-hybridized carbons (Fsp3) is 0.538. The molecule has 1 N–H and O–H groups in total. The molecular weight excluding hydrogens is 239 g/mol. The first-order valence-corrected chi connectivity index (χ1v) is 6.23. The van der Waals surface area contributed by atoms with Crippen LogP contribution in [0.15, 0.2) is 18.2 Å². The first-order chi connectivity index (χ1) is 8.04. The lowest BCUT2D eigenvalue weighted by Gasteiger charge is -2.22. The second kappa shape index (κ2) is 6.94. The third kappa shape index (κ3) is 4.62. The number of hydrogen-bond acceptors (Lipinski definition) is 2. The molecule has 0 aliphatic heterocycles. The van der Waals surface area contributed by atoms with Crippen LogP contribution >= 0.6 is 11.6 Å². The highest BCUT2D eigenvalue weighted by molar-refractivity contribution is 6.31. The third-order valence-electron chi connectivity index (χ3n) is 2.58. The maximum absolute atomic E-state index is 13.3. The van der Waals surface area contributed by atoms with Gasteiger partial charge < -0.3 is 10.2 Å². The van der Waals surface area contributed by atoms with Gasteiger partial charge in [0, 0.05) is 12.6 Å². The van der Waals surface area contributed by atoms with E-state index in [0.717, 1.165) is 25.1 Å². The van der Waals surface area contributed by atoms with E-state index < -0.39 is 0 Å². The van der Waals surface area contributed by atoms with Crippen LogP contribution in [-0.2, 0) is 6.42 Å². The molecule has 1 atom stereocenters. The number of nitrogens with zero attached hydrogens (tertiary/aromatic N) is 1. The van der Waals surface area contributed by atoms with Gasteiger partial charge in [0.25, 0.3) is 0 Å². The zero-order chi connectivity index (χ0) is 12.8. The van der Waals surface area contributed by atoms with Gasteiger partial charge >= 0.3 is 0 Å². The largest absolute Gasteiger partial charge is 0.313 e. The van der Waals surface area contributed by atoms with Gasteiger partial charge in [-0.15, -0.1) is 0 Å². The molecule has 1 aromatic carbocycles. The monoisotopic (exact) mass is 258 g/mol. The fourth-order valence-corrected chi connectivity index (χ4v) is 2.11. The Morgan fingerprint density at radius 3 is 2.71 bits per heavy atom. The Morgan fingerprint density at radius 2 is 2.12 bits per heavy atom. The molecule has 0 aliphatic rings. The van der Waals surface area contributed by atoms with E-state index in [2.05, 4.69) is 17.1 Å². The van der Waals surface area contributed by atoms with Crippen LogP contribution in [0, 0.1) is 5.82 Å². The van der Waals surface area contributed by atoms with E-state index in [1.165, 1.54) is 6.07 Å². The Morgan fingerprint density at radius 1 is 1.41 bits per heavy atom. The molecule has 2 nitrogen and oxygen atoms in total. The quantitative estimate of drug-likeness (QED) is 0.844. The predicted octanol–water partition coefficient (Wildman–Crippen LogP) is 2.56. The van der Waals surface area contributed by atoms with Crippen molar-refractivity contribution < 1.29 is 4.39 Å². The van der Waals surface area contributed by atoms with Gasteiger partial charge in [0.2, 0.25) is 0 Å². The van der Waals surface area contributed by atoms with E-state index >= 15 is 0 Å². The predicted molar refractivity (Wildman–Crippen MR) is 71.1 cm³/mol. The molecule has 0 saturated heterocycles. The highest BCUT2D eigenvalue weighted by Crippen LogP contribution is 2.21. The first-order valence-electron chi connectivity index (χ1n) is 5.85. The average molecular weight is 259 g/mol. The minimum absolute atomic E-state index is 0.245. The van der Waals surface area contributed by atoms with Gasteiger partial charge in [-0.25, -0.2) is 4.39 Å². The minimum atomic E-state index is -0.343. The lowest BCUT2D eigenvalue weighted by molar-refractivity contribution is 0.339. The SMILES string of the molecule is CCNC(Cc1cccc(F)c1Cl)CN(C)C. The maximum Gasteiger partial charge on any atom is 0.142 e. The summed E-state index contributed by atoms with van der Waals surface area (Å²) in [5.74, 6) is -0.343. The van der Waals surface area contributed by atoms with Gasteiger partial charge in [0.05, 0.1) is 5.02 Å². The Kier molecular flexibility index (Phi) is 5.89. The topological polar surface area (TPSA) is 15.3 Å². The van der Waals surface area contributed by atoms with Gasteiger partial charge in [-0.05, 0) is 38.7 Å². The summed E-state index contributed by atoms with van der Waals surface area (Å²) >= 11 is 5.96. The van der Waals surface area contributed by atoms with Crippen molar-refractivity contribution in [2.24, 2.45) is 0 Å². The van der Waals surface area contributed by atoms with Crippen molar-refractivity contribution in [1.82, 2.24) is 10.2 Å². The molecule has 96 valence electrons. The molecule has 0 aromatic heterocycles. The van der Waals surface area contributed by atoms with Crippen molar-refractivity contribution in [1.29, 1.82) is 0 Å². The van der Waals surface area contributed by atoms with E-state index in [9.17, 15) is 4.39 Å². The zero-order valence-corrected chi connectivity index (χ0v) is 11.4. The molecule has 1 rings (SSSR count). The standard InChI is InChI=1S/C13H20ClFN2/c1-4-16-11(9-17(2)3)8-10-6-5-7-12(15)13(10)14/h5-7,11,16H,4,8-9H2,1-3H3. The smallest absolute Gasteiger partial charge is 0.142 e. The van der Waals surface area contributed by atoms with Gasteiger partial charge in [-0.2, -0.15) is 0 Å². The maximum atomic E-state index is 13.3. The van der Waals surface area contributed by atoms with Gasteiger partial charge in [-0.3, -0.25) is 0 Å². The highest BCUT2D eigenvalue weighted by Gasteiger charge is 2.13. The summed E-state index contributed by atoms with van der Waals surface area (Å²) in [7, 11) is 4.05. The molecule has 0 bridgehead atoms. The fourth-order valence-electron chi connectivity index (χ4n) is 1.90. The van der Waals surface area contributed by atoms with Crippen molar-refractivity contribution in [3.8, 4) is 0 Å². The number of benzene rings is 1. The highest BCUT2D eigenvalue weighted by atomic mass is 35.5. The van der Waals surface area contributed by atoms with Crippen LogP contribution in [0.2, 0.25) is 5.02 Å². The van der Waals surface area contributed by atoms with E-state index in [1.54, 1.807) is 6.07 Å². The molecule has 0 spiro atoms. The third-order valence-corrected chi connectivity index (χ3v) is 3.00. The van der Waals surface area contributed by atoms with E-state index in [4.69, 9.17) is 11.6 Å². The Balaban J connectivity index is 2.74. The summed E-state index contributed by atoms with van der Waals surface area (Å²) in [4.78, 5) is 2.11. The van der Waals surface area contributed by atoms with Crippen LogP contribution in [-0.4, -0.2) is 38.1 Å². The molecule has 1 unspecified atom stereocenters. The summed E-state index contributed by atoms with van der Waals surface area (Å²) in [6.07, 6.45) is 0.739. The molecule has 0 fully saturated rings. The van der Waals surface area contributed by atoms with Crippen LogP contribution in [0.25, 0.3) is 0 Å². The molecule has 0 radical (unpaired) electrons. The molecule has 1 aromatic rings. The van der Waals surface area contributed by atoms with E-state index in [-0.39, 0.29) is 16.9 Å². The van der Waals surface area contributed by atoms with Crippen molar-refractivity contribution in [3.05, 3.63) is 34.6 Å². The molecule has 17 heavy (non-hydrogen) atoms.